The maximum absolute atomic E-state index is 6.07. The highest BCUT2D eigenvalue weighted by molar-refractivity contribution is 6.31. The Kier molecular flexibility index (Phi) is 3.45. The molecule has 1 aliphatic carbocycles. The lowest BCUT2D eigenvalue weighted by atomic mass is 10.0. The summed E-state index contributed by atoms with van der Waals surface area (Å²) >= 11 is 6.07. The summed E-state index contributed by atoms with van der Waals surface area (Å²) < 4.78 is 5.74. The molecule has 2 N–H and O–H groups in total. The summed E-state index contributed by atoms with van der Waals surface area (Å²) in [6, 6.07) is 14.1. The van der Waals surface area contributed by atoms with Crippen molar-refractivity contribution in [1.29, 1.82) is 0 Å². The first kappa shape index (κ1) is 12.5. The molecular weight excluding hydrogens is 258 g/mol. The quantitative estimate of drug-likeness (QED) is 0.914. The van der Waals surface area contributed by atoms with Crippen LogP contribution in [0.1, 0.15) is 18.4 Å². The van der Waals surface area contributed by atoms with Crippen LogP contribution in [0.25, 0.3) is 11.1 Å². The predicted molar refractivity (Wildman–Crippen MR) is 78.4 cm³/mol. The van der Waals surface area contributed by atoms with E-state index in [9.17, 15) is 0 Å². The van der Waals surface area contributed by atoms with E-state index in [0.29, 0.717) is 12.6 Å². The normalized spacial score (nSPS) is 14.4. The molecule has 2 nitrogen and oxygen atoms in total. The molecule has 0 heterocycles. The van der Waals surface area contributed by atoms with Crippen molar-refractivity contribution in [3.05, 3.63) is 53.1 Å². The monoisotopic (exact) mass is 273 g/mol. The van der Waals surface area contributed by atoms with Crippen molar-refractivity contribution in [3.63, 3.8) is 0 Å². The highest BCUT2D eigenvalue weighted by atomic mass is 35.5. The van der Waals surface area contributed by atoms with Crippen molar-refractivity contribution in [3.8, 4) is 16.9 Å². The maximum atomic E-state index is 6.07. The minimum absolute atomic E-state index is 0.435. The molecule has 19 heavy (non-hydrogen) atoms. The third-order valence-electron chi connectivity index (χ3n) is 3.28. The van der Waals surface area contributed by atoms with Crippen molar-refractivity contribution in [2.24, 2.45) is 5.73 Å². The summed E-state index contributed by atoms with van der Waals surface area (Å²) in [5, 5.41) is 0.722. The molecule has 1 aliphatic rings. The summed E-state index contributed by atoms with van der Waals surface area (Å²) in [4.78, 5) is 0. The predicted octanol–water partition coefficient (Wildman–Crippen LogP) is 4.01. The molecule has 3 rings (SSSR count). The maximum Gasteiger partial charge on any atom is 0.119 e. The molecule has 0 radical (unpaired) electrons. The second kappa shape index (κ2) is 5.24. The van der Waals surface area contributed by atoms with Gasteiger partial charge in [0.15, 0.2) is 0 Å². The minimum Gasteiger partial charge on any atom is -0.490 e. The minimum atomic E-state index is 0.435. The van der Waals surface area contributed by atoms with Gasteiger partial charge in [-0.3, -0.25) is 0 Å². The van der Waals surface area contributed by atoms with Gasteiger partial charge in [-0.1, -0.05) is 29.8 Å². The van der Waals surface area contributed by atoms with Gasteiger partial charge in [-0.25, -0.2) is 0 Å². The van der Waals surface area contributed by atoms with Crippen molar-refractivity contribution in [2.45, 2.75) is 25.5 Å². The molecule has 3 heteroatoms. The molecule has 0 saturated heterocycles. The lowest BCUT2D eigenvalue weighted by Gasteiger charge is -2.08. The molecular formula is C16H16ClNO. The zero-order chi connectivity index (χ0) is 13.2. The number of benzene rings is 2. The lowest BCUT2D eigenvalue weighted by Crippen LogP contribution is -1.97. The topological polar surface area (TPSA) is 35.2 Å². The largest absolute Gasteiger partial charge is 0.490 e. The van der Waals surface area contributed by atoms with Crippen LogP contribution in [0, 0.1) is 0 Å². The Labute approximate surface area is 118 Å². The van der Waals surface area contributed by atoms with Gasteiger partial charge in [0.1, 0.15) is 5.75 Å². The zero-order valence-corrected chi connectivity index (χ0v) is 11.4. The Morgan fingerprint density at radius 2 is 1.74 bits per heavy atom. The van der Waals surface area contributed by atoms with E-state index >= 15 is 0 Å². The van der Waals surface area contributed by atoms with Crippen LogP contribution in [0.5, 0.6) is 5.75 Å². The molecule has 0 aromatic heterocycles. The number of halogens is 1. The molecule has 0 bridgehead atoms. The molecule has 0 aliphatic heterocycles. The first-order valence-electron chi connectivity index (χ1n) is 6.52. The summed E-state index contributed by atoms with van der Waals surface area (Å²) in [7, 11) is 0. The van der Waals surface area contributed by atoms with E-state index in [-0.39, 0.29) is 0 Å². The Morgan fingerprint density at radius 1 is 1.05 bits per heavy atom. The molecule has 0 unspecified atom stereocenters. The molecule has 2 aromatic rings. The van der Waals surface area contributed by atoms with Crippen molar-refractivity contribution in [2.75, 3.05) is 0 Å². The van der Waals surface area contributed by atoms with Gasteiger partial charge in [0.25, 0.3) is 0 Å². The highest BCUT2D eigenvalue weighted by Gasteiger charge is 2.23. The molecule has 98 valence electrons. The fourth-order valence-electron chi connectivity index (χ4n) is 2.02. The van der Waals surface area contributed by atoms with Crippen LogP contribution in [-0.2, 0) is 6.54 Å². The average Bonchev–Trinajstić information content (AvgIpc) is 3.24. The average molecular weight is 274 g/mol. The van der Waals surface area contributed by atoms with E-state index in [2.05, 4.69) is 12.1 Å². The number of rotatable bonds is 4. The van der Waals surface area contributed by atoms with Crippen LogP contribution < -0.4 is 10.5 Å². The van der Waals surface area contributed by atoms with Gasteiger partial charge < -0.3 is 10.5 Å². The van der Waals surface area contributed by atoms with Crippen LogP contribution in [0.15, 0.2) is 42.5 Å². The highest BCUT2D eigenvalue weighted by Crippen LogP contribution is 2.29. The van der Waals surface area contributed by atoms with E-state index < -0.39 is 0 Å². The fourth-order valence-corrected chi connectivity index (χ4v) is 2.21. The van der Waals surface area contributed by atoms with Crippen molar-refractivity contribution >= 4 is 11.6 Å². The van der Waals surface area contributed by atoms with Crippen LogP contribution >= 0.6 is 11.6 Å². The summed E-state index contributed by atoms with van der Waals surface area (Å²) in [5.74, 6) is 0.944. The zero-order valence-electron chi connectivity index (χ0n) is 10.6. The first-order valence-corrected chi connectivity index (χ1v) is 6.89. The number of hydrogen-bond acceptors (Lipinski definition) is 2. The molecule has 1 saturated carbocycles. The standard InChI is InChI=1S/C16H16ClNO/c17-16-8-3-12(9-13(16)10-18)11-1-4-14(5-2-11)19-15-6-7-15/h1-5,8-9,15H,6-7,10,18H2. The molecule has 0 spiro atoms. The van der Waals surface area contributed by atoms with E-state index in [4.69, 9.17) is 22.1 Å². The number of hydrogen-bond donors (Lipinski definition) is 1. The third-order valence-corrected chi connectivity index (χ3v) is 3.65. The van der Waals surface area contributed by atoms with E-state index in [1.807, 2.05) is 30.3 Å². The van der Waals surface area contributed by atoms with Crippen molar-refractivity contribution in [1.82, 2.24) is 0 Å². The second-order valence-corrected chi connectivity index (χ2v) is 5.26. The van der Waals surface area contributed by atoms with Gasteiger partial charge in [0.05, 0.1) is 6.10 Å². The van der Waals surface area contributed by atoms with Gasteiger partial charge in [0.2, 0.25) is 0 Å². The van der Waals surface area contributed by atoms with Gasteiger partial charge in [0, 0.05) is 11.6 Å². The smallest absolute Gasteiger partial charge is 0.119 e. The third kappa shape index (κ3) is 2.91. The summed E-state index contributed by atoms with van der Waals surface area (Å²) in [6.45, 7) is 0.454. The molecule has 2 aromatic carbocycles. The summed E-state index contributed by atoms with van der Waals surface area (Å²) in [6.07, 6.45) is 2.79. The van der Waals surface area contributed by atoms with E-state index in [1.165, 1.54) is 12.8 Å². The first-order chi connectivity index (χ1) is 9.26. The van der Waals surface area contributed by atoms with Crippen molar-refractivity contribution < 1.29 is 4.74 Å². The van der Waals surface area contributed by atoms with Gasteiger partial charge >= 0.3 is 0 Å². The van der Waals surface area contributed by atoms with Gasteiger partial charge in [-0.15, -0.1) is 0 Å². The fraction of sp³-hybridized carbons (Fsp3) is 0.250. The Bertz CT molecular complexity index is 576. The SMILES string of the molecule is NCc1cc(-c2ccc(OC3CC3)cc2)ccc1Cl. The Balaban J connectivity index is 1.84. The number of nitrogens with two attached hydrogens (primary N) is 1. The van der Waals surface area contributed by atoms with Gasteiger partial charge in [-0.05, 0) is 53.8 Å². The van der Waals surface area contributed by atoms with Crippen LogP contribution in [0.3, 0.4) is 0 Å². The molecule has 0 atom stereocenters. The van der Waals surface area contributed by atoms with Crippen LogP contribution in [0.2, 0.25) is 5.02 Å². The Morgan fingerprint density at radius 3 is 2.37 bits per heavy atom. The second-order valence-electron chi connectivity index (χ2n) is 4.85. The Hall–Kier alpha value is -1.51. The molecule has 0 amide bonds. The number of ether oxygens (including phenoxy) is 1. The molecule has 1 fully saturated rings. The lowest BCUT2D eigenvalue weighted by molar-refractivity contribution is 0.303. The van der Waals surface area contributed by atoms with E-state index in [1.54, 1.807) is 0 Å². The van der Waals surface area contributed by atoms with Crippen LogP contribution in [0.4, 0.5) is 0 Å². The van der Waals surface area contributed by atoms with Crippen LogP contribution in [-0.4, -0.2) is 6.10 Å². The summed E-state index contributed by atoms with van der Waals surface area (Å²) in [5.41, 5.74) is 8.92. The van der Waals surface area contributed by atoms with Gasteiger partial charge in [-0.2, -0.15) is 0 Å². The van der Waals surface area contributed by atoms with E-state index in [0.717, 1.165) is 27.5 Å².